The van der Waals surface area contributed by atoms with Crippen LogP contribution in [0.4, 0.5) is 0 Å². The van der Waals surface area contributed by atoms with Gasteiger partial charge in [0.05, 0.1) is 12.7 Å². The van der Waals surface area contributed by atoms with Crippen LogP contribution in [0, 0.1) is 0 Å². The summed E-state index contributed by atoms with van der Waals surface area (Å²) in [4.78, 5) is 11.4. The molecule has 0 aliphatic heterocycles. The number of para-hydroxylation sites is 1. The van der Waals surface area contributed by atoms with Gasteiger partial charge in [-0.15, -0.1) is 0 Å². The lowest BCUT2D eigenvalue weighted by atomic mass is 10.1. The molecule has 0 aliphatic rings. The molecule has 1 unspecified atom stereocenters. The maximum absolute atomic E-state index is 11.4. The van der Waals surface area contributed by atoms with E-state index in [1.807, 2.05) is 37.3 Å². The van der Waals surface area contributed by atoms with E-state index in [4.69, 9.17) is 16.3 Å². The van der Waals surface area contributed by atoms with E-state index in [1.54, 1.807) is 18.2 Å². The predicted molar refractivity (Wildman–Crippen MR) is 78.3 cm³/mol. The fourth-order valence-electron chi connectivity index (χ4n) is 1.87. The fraction of sp³-hybridized carbons (Fsp3) is 0.188. The molecule has 0 heterocycles. The van der Waals surface area contributed by atoms with Gasteiger partial charge in [-0.1, -0.05) is 35.9 Å². The molecule has 104 valence electrons. The van der Waals surface area contributed by atoms with Crippen molar-refractivity contribution in [1.82, 2.24) is 0 Å². The number of carbonyl (C=O) groups is 1. The second-order valence-electron chi connectivity index (χ2n) is 4.30. The van der Waals surface area contributed by atoms with Crippen LogP contribution in [0.15, 0.2) is 48.5 Å². The van der Waals surface area contributed by atoms with Crippen molar-refractivity contribution in [1.29, 1.82) is 0 Å². The van der Waals surface area contributed by atoms with Crippen LogP contribution in [-0.4, -0.2) is 13.1 Å². The highest BCUT2D eigenvalue weighted by molar-refractivity contribution is 6.31. The summed E-state index contributed by atoms with van der Waals surface area (Å²) in [5.74, 6) is 0.364. The van der Waals surface area contributed by atoms with Gasteiger partial charge in [-0.3, -0.25) is 0 Å². The molecule has 1 atom stereocenters. The van der Waals surface area contributed by atoms with Crippen molar-refractivity contribution in [2.24, 2.45) is 0 Å². The molecular formula is C16H15ClO3. The molecule has 20 heavy (non-hydrogen) atoms. The summed E-state index contributed by atoms with van der Waals surface area (Å²) < 4.78 is 10.5. The molecule has 0 fully saturated rings. The van der Waals surface area contributed by atoms with Crippen molar-refractivity contribution in [3.63, 3.8) is 0 Å². The van der Waals surface area contributed by atoms with Crippen LogP contribution in [-0.2, 0) is 4.74 Å². The smallest absolute Gasteiger partial charge is 0.337 e. The Morgan fingerprint density at radius 3 is 2.45 bits per heavy atom. The van der Waals surface area contributed by atoms with Crippen molar-refractivity contribution in [2.45, 2.75) is 13.0 Å². The van der Waals surface area contributed by atoms with Gasteiger partial charge < -0.3 is 9.47 Å². The highest BCUT2D eigenvalue weighted by atomic mass is 35.5. The van der Waals surface area contributed by atoms with Gasteiger partial charge in [0, 0.05) is 10.6 Å². The Labute approximate surface area is 123 Å². The molecule has 2 aromatic rings. The van der Waals surface area contributed by atoms with Crippen LogP contribution >= 0.6 is 11.6 Å². The van der Waals surface area contributed by atoms with E-state index in [0.717, 1.165) is 11.3 Å². The second-order valence-corrected chi connectivity index (χ2v) is 4.71. The number of hydrogen-bond acceptors (Lipinski definition) is 3. The Balaban J connectivity index is 2.18. The molecule has 2 aromatic carbocycles. The highest BCUT2D eigenvalue weighted by Crippen LogP contribution is 2.28. The van der Waals surface area contributed by atoms with Crippen LogP contribution in [0.25, 0.3) is 0 Å². The third-order valence-corrected chi connectivity index (χ3v) is 3.24. The lowest BCUT2D eigenvalue weighted by Crippen LogP contribution is -2.06. The maximum atomic E-state index is 11.4. The molecule has 0 saturated carbocycles. The second kappa shape index (κ2) is 6.44. The number of methoxy groups -OCH3 is 1. The topological polar surface area (TPSA) is 35.5 Å². The summed E-state index contributed by atoms with van der Waals surface area (Å²) in [5.41, 5.74) is 1.25. The summed E-state index contributed by atoms with van der Waals surface area (Å²) in [7, 11) is 1.34. The normalized spacial score (nSPS) is 11.8. The molecule has 2 rings (SSSR count). The number of halogens is 1. The zero-order valence-corrected chi connectivity index (χ0v) is 12.1. The first-order chi connectivity index (χ1) is 9.61. The average molecular weight is 291 g/mol. The Kier molecular flexibility index (Phi) is 4.64. The molecule has 0 N–H and O–H groups in total. The van der Waals surface area contributed by atoms with Gasteiger partial charge >= 0.3 is 5.97 Å². The van der Waals surface area contributed by atoms with Gasteiger partial charge in [0.2, 0.25) is 0 Å². The van der Waals surface area contributed by atoms with Gasteiger partial charge in [0.1, 0.15) is 11.9 Å². The number of rotatable bonds is 4. The Bertz CT molecular complexity index is 596. The summed E-state index contributed by atoms with van der Waals surface area (Å²) in [6, 6.07) is 14.6. The zero-order valence-electron chi connectivity index (χ0n) is 11.3. The lowest BCUT2D eigenvalue weighted by molar-refractivity contribution is 0.0600. The number of esters is 1. The average Bonchev–Trinajstić information content (AvgIpc) is 2.47. The van der Waals surface area contributed by atoms with E-state index in [1.165, 1.54) is 7.11 Å². The van der Waals surface area contributed by atoms with Crippen LogP contribution < -0.4 is 4.74 Å². The zero-order chi connectivity index (χ0) is 14.5. The molecule has 0 spiro atoms. The van der Waals surface area contributed by atoms with Gasteiger partial charge in [0.25, 0.3) is 0 Å². The summed E-state index contributed by atoms with van der Waals surface area (Å²) >= 11 is 6.20. The lowest BCUT2D eigenvalue weighted by Gasteiger charge is -2.16. The van der Waals surface area contributed by atoms with Gasteiger partial charge in [0.15, 0.2) is 0 Å². The van der Waals surface area contributed by atoms with Crippen molar-refractivity contribution in [3.8, 4) is 5.75 Å². The third-order valence-electron chi connectivity index (χ3n) is 2.92. The molecule has 0 saturated heterocycles. The van der Waals surface area contributed by atoms with Crippen molar-refractivity contribution in [2.75, 3.05) is 7.11 Å². The molecular weight excluding hydrogens is 276 g/mol. The predicted octanol–water partition coefficient (Wildman–Crippen LogP) is 4.27. The molecule has 0 amide bonds. The third kappa shape index (κ3) is 3.31. The van der Waals surface area contributed by atoms with Crippen molar-refractivity contribution >= 4 is 17.6 Å². The van der Waals surface area contributed by atoms with E-state index < -0.39 is 5.97 Å². The molecule has 0 aliphatic carbocycles. The Hall–Kier alpha value is -2.00. The van der Waals surface area contributed by atoms with E-state index in [0.29, 0.717) is 10.6 Å². The minimum absolute atomic E-state index is 0.211. The number of carbonyl (C=O) groups excluding carboxylic acids is 1. The first kappa shape index (κ1) is 14.4. The minimum atomic E-state index is -0.407. The maximum Gasteiger partial charge on any atom is 0.337 e. The fourth-order valence-corrected chi connectivity index (χ4v) is 2.20. The number of benzene rings is 2. The Morgan fingerprint density at radius 2 is 1.85 bits per heavy atom. The standard InChI is InChI=1S/C16H15ClO3/c1-11(20-13-6-4-3-5-7-13)14-9-8-12(10-15(14)17)16(18)19-2/h3-11H,1-2H3. The van der Waals surface area contributed by atoms with E-state index in [9.17, 15) is 4.79 Å². The monoisotopic (exact) mass is 290 g/mol. The van der Waals surface area contributed by atoms with E-state index >= 15 is 0 Å². The highest BCUT2D eigenvalue weighted by Gasteiger charge is 2.14. The van der Waals surface area contributed by atoms with Crippen LogP contribution in [0.1, 0.15) is 28.9 Å². The molecule has 0 aromatic heterocycles. The van der Waals surface area contributed by atoms with Crippen LogP contribution in [0.3, 0.4) is 0 Å². The Morgan fingerprint density at radius 1 is 1.15 bits per heavy atom. The molecule has 0 bridgehead atoms. The molecule has 3 nitrogen and oxygen atoms in total. The largest absolute Gasteiger partial charge is 0.486 e. The van der Waals surface area contributed by atoms with E-state index in [-0.39, 0.29) is 6.10 Å². The first-order valence-electron chi connectivity index (χ1n) is 6.21. The SMILES string of the molecule is COC(=O)c1ccc(C(C)Oc2ccccc2)c(Cl)c1. The van der Waals surface area contributed by atoms with Gasteiger partial charge in [-0.05, 0) is 31.2 Å². The minimum Gasteiger partial charge on any atom is -0.486 e. The van der Waals surface area contributed by atoms with Crippen LogP contribution in [0.5, 0.6) is 5.75 Å². The molecule has 4 heteroatoms. The van der Waals surface area contributed by atoms with Gasteiger partial charge in [-0.2, -0.15) is 0 Å². The number of hydrogen-bond donors (Lipinski definition) is 0. The van der Waals surface area contributed by atoms with Gasteiger partial charge in [-0.25, -0.2) is 4.79 Å². The number of ether oxygens (including phenoxy) is 2. The summed E-state index contributed by atoms with van der Waals surface area (Å²) in [6.07, 6.45) is -0.211. The molecule has 0 radical (unpaired) electrons. The first-order valence-corrected chi connectivity index (χ1v) is 6.59. The van der Waals surface area contributed by atoms with Crippen molar-refractivity contribution < 1.29 is 14.3 Å². The van der Waals surface area contributed by atoms with Crippen molar-refractivity contribution in [3.05, 3.63) is 64.7 Å². The summed E-state index contributed by atoms with van der Waals surface area (Å²) in [5, 5.41) is 0.483. The van der Waals surface area contributed by atoms with Crippen LogP contribution in [0.2, 0.25) is 5.02 Å². The van der Waals surface area contributed by atoms with E-state index in [2.05, 4.69) is 4.74 Å². The summed E-state index contributed by atoms with van der Waals surface area (Å²) in [6.45, 7) is 1.91. The quantitative estimate of drug-likeness (QED) is 0.789.